The van der Waals surface area contributed by atoms with E-state index in [1.165, 1.54) is 31.0 Å². The van der Waals surface area contributed by atoms with Crippen molar-refractivity contribution in [2.45, 2.75) is 38.8 Å². The van der Waals surface area contributed by atoms with Crippen LogP contribution in [-0.4, -0.2) is 31.1 Å². The van der Waals surface area contributed by atoms with Crippen molar-refractivity contribution in [3.8, 4) is 0 Å². The SMILES string of the molecule is CC(NC(C)C1CCCN(C)C1)c1c(F)cccc1F. The van der Waals surface area contributed by atoms with Gasteiger partial charge in [-0.25, -0.2) is 8.78 Å². The fraction of sp³-hybridized carbons (Fsp3) is 0.625. The predicted molar refractivity (Wildman–Crippen MR) is 77.6 cm³/mol. The number of piperidine rings is 1. The Kier molecular flexibility index (Phi) is 5.11. The molecule has 3 atom stereocenters. The second-order valence-electron chi connectivity index (χ2n) is 5.98. The van der Waals surface area contributed by atoms with Crippen molar-refractivity contribution in [2.24, 2.45) is 5.92 Å². The molecule has 0 aromatic heterocycles. The summed E-state index contributed by atoms with van der Waals surface area (Å²) in [6, 6.07) is 3.95. The highest BCUT2D eigenvalue weighted by Crippen LogP contribution is 2.24. The average Bonchev–Trinajstić information content (AvgIpc) is 2.38. The lowest BCUT2D eigenvalue weighted by molar-refractivity contribution is 0.173. The number of rotatable bonds is 4. The zero-order chi connectivity index (χ0) is 14.7. The molecule has 1 aliphatic heterocycles. The lowest BCUT2D eigenvalue weighted by atomic mass is 9.91. The number of nitrogens with zero attached hydrogens (tertiary/aromatic N) is 1. The lowest BCUT2D eigenvalue weighted by Crippen LogP contribution is -2.44. The minimum Gasteiger partial charge on any atom is -0.307 e. The van der Waals surface area contributed by atoms with Crippen molar-refractivity contribution in [2.75, 3.05) is 20.1 Å². The second-order valence-corrected chi connectivity index (χ2v) is 5.98. The largest absolute Gasteiger partial charge is 0.307 e. The van der Waals surface area contributed by atoms with Gasteiger partial charge in [0.05, 0.1) is 0 Å². The quantitative estimate of drug-likeness (QED) is 0.911. The zero-order valence-electron chi connectivity index (χ0n) is 12.5. The van der Waals surface area contributed by atoms with E-state index in [4.69, 9.17) is 0 Å². The van der Waals surface area contributed by atoms with Gasteiger partial charge in [0.1, 0.15) is 11.6 Å². The van der Waals surface area contributed by atoms with Crippen molar-refractivity contribution in [3.05, 3.63) is 35.4 Å². The van der Waals surface area contributed by atoms with Crippen LogP contribution < -0.4 is 5.32 Å². The van der Waals surface area contributed by atoms with Gasteiger partial charge >= 0.3 is 0 Å². The highest BCUT2D eigenvalue weighted by Gasteiger charge is 2.25. The van der Waals surface area contributed by atoms with Crippen LogP contribution in [0.2, 0.25) is 0 Å². The van der Waals surface area contributed by atoms with Gasteiger partial charge in [0.2, 0.25) is 0 Å². The Balaban J connectivity index is 2.01. The molecule has 2 nitrogen and oxygen atoms in total. The molecule has 20 heavy (non-hydrogen) atoms. The summed E-state index contributed by atoms with van der Waals surface area (Å²) in [5.74, 6) is -0.415. The molecule has 0 saturated carbocycles. The second kappa shape index (κ2) is 6.64. The smallest absolute Gasteiger partial charge is 0.130 e. The summed E-state index contributed by atoms with van der Waals surface area (Å²) in [7, 11) is 2.12. The molecule has 1 aromatic rings. The Bertz CT molecular complexity index is 430. The summed E-state index contributed by atoms with van der Waals surface area (Å²) in [5, 5.41) is 3.36. The zero-order valence-corrected chi connectivity index (χ0v) is 12.5. The highest BCUT2D eigenvalue weighted by molar-refractivity contribution is 5.22. The maximum absolute atomic E-state index is 13.8. The van der Waals surface area contributed by atoms with Gasteiger partial charge in [-0.05, 0) is 58.3 Å². The van der Waals surface area contributed by atoms with Crippen LogP contribution in [0.1, 0.15) is 38.3 Å². The molecule has 112 valence electrons. The molecular weight excluding hydrogens is 258 g/mol. The van der Waals surface area contributed by atoms with Gasteiger partial charge < -0.3 is 10.2 Å². The third kappa shape index (κ3) is 3.55. The van der Waals surface area contributed by atoms with Crippen LogP contribution in [0.5, 0.6) is 0 Å². The Morgan fingerprint density at radius 1 is 1.25 bits per heavy atom. The Hall–Kier alpha value is -1.00. The molecular formula is C16H24F2N2. The monoisotopic (exact) mass is 282 g/mol. The lowest BCUT2D eigenvalue weighted by Gasteiger charge is -2.35. The molecule has 1 saturated heterocycles. The summed E-state index contributed by atoms with van der Waals surface area (Å²) in [4.78, 5) is 2.32. The first kappa shape index (κ1) is 15.4. The number of hydrogen-bond acceptors (Lipinski definition) is 2. The summed E-state index contributed by atoms with van der Waals surface area (Å²) >= 11 is 0. The number of halogens is 2. The van der Waals surface area contributed by atoms with E-state index < -0.39 is 11.6 Å². The fourth-order valence-electron chi connectivity index (χ4n) is 3.15. The van der Waals surface area contributed by atoms with E-state index in [9.17, 15) is 8.78 Å². The van der Waals surface area contributed by atoms with E-state index >= 15 is 0 Å². The summed E-state index contributed by atoms with van der Waals surface area (Å²) in [6.07, 6.45) is 2.36. The first-order valence-corrected chi connectivity index (χ1v) is 7.37. The van der Waals surface area contributed by atoms with E-state index in [1.54, 1.807) is 0 Å². The van der Waals surface area contributed by atoms with Crippen LogP contribution in [0.4, 0.5) is 8.78 Å². The summed E-state index contributed by atoms with van der Waals surface area (Å²) < 4.78 is 27.5. The van der Waals surface area contributed by atoms with Crippen LogP contribution in [0.15, 0.2) is 18.2 Å². The van der Waals surface area contributed by atoms with E-state index in [1.807, 2.05) is 6.92 Å². The molecule has 0 bridgehead atoms. The minimum atomic E-state index is -0.474. The number of hydrogen-bond donors (Lipinski definition) is 1. The van der Waals surface area contributed by atoms with Crippen molar-refractivity contribution in [3.63, 3.8) is 0 Å². The van der Waals surface area contributed by atoms with Crippen molar-refractivity contribution < 1.29 is 8.78 Å². The first-order valence-electron chi connectivity index (χ1n) is 7.37. The third-order valence-corrected chi connectivity index (χ3v) is 4.31. The predicted octanol–water partition coefficient (Wildman–Crippen LogP) is 3.35. The van der Waals surface area contributed by atoms with Crippen molar-refractivity contribution in [1.82, 2.24) is 10.2 Å². The molecule has 0 radical (unpaired) electrons. The Morgan fingerprint density at radius 2 is 1.90 bits per heavy atom. The number of nitrogens with one attached hydrogen (secondary N) is 1. The minimum absolute atomic E-state index is 0.142. The van der Waals surface area contributed by atoms with E-state index in [-0.39, 0.29) is 17.6 Å². The maximum atomic E-state index is 13.8. The van der Waals surface area contributed by atoms with Crippen LogP contribution in [-0.2, 0) is 0 Å². The molecule has 1 aromatic carbocycles. The van der Waals surface area contributed by atoms with Gasteiger partial charge in [0.15, 0.2) is 0 Å². The molecule has 1 fully saturated rings. The Labute approximate surface area is 120 Å². The van der Waals surface area contributed by atoms with Crippen LogP contribution in [0.25, 0.3) is 0 Å². The van der Waals surface area contributed by atoms with Gasteiger partial charge in [-0.1, -0.05) is 6.07 Å². The van der Waals surface area contributed by atoms with Crippen LogP contribution in [0, 0.1) is 17.6 Å². The topological polar surface area (TPSA) is 15.3 Å². The standard InChI is InChI=1S/C16H24F2N2/c1-11(13-6-5-9-20(3)10-13)19-12(2)16-14(17)7-4-8-15(16)18/h4,7-8,11-13,19H,5-6,9-10H2,1-3H3. The molecule has 2 rings (SSSR count). The van der Waals surface area contributed by atoms with Crippen LogP contribution in [0.3, 0.4) is 0 Å². The van der Waals surface area contributed by atoms with Crippen molar-refractivity contribution >= 4 is 0 Å². The molecule has 0 amide bonds. The molecule has 1 aliphatic rings. The van der Waals surface area contributed by atoms with Gasteiger partial charge in [0, 0.05) is 24.2 Å². The molecule has 1 N–H and O–H groups in total. The first-order chi connectivity index (χ1) is 9.49. The molecule has 4 heteroatoms. The van der Waals surface area contributed by atoms with Gasteiger partial charge in [-0.15, -0.1) is 0 Å². The van der Waals surface area contributed by atoms with E-state index in [0.717, 1.165) is 13.1 Å². The maximum Gasteiger partial charge on any atom is 0.130 e. The highest BCUT2D eigenvalue weighted by atomic mass is 19.1. The molecule has 0 spiro atoms. The Morgan fingerprint density at radius 3 is 2.50 bits per heavy atom. The number of likely N-dealkylation sites (tertiary alicyclic amines) is 1. The van der Waals surface area contributed by atoms with Gasteiger partial charge in [-0.2, -0.15) is 0 Å². The van der Waals surface area contributed by atoms with Gasteiger partial charge in [0.25, 0.3) is 0 Å². The molecule has 1 heterocycles. The van der Waals surface area contributed by atoms with Crippen molar-refractivity contribution in [1.29, 1.82) is 0 Å². The number of benzene rings is 1. The molecule has 3 unspecified atom stereocenters. The molecule has 0 aliphatic carbocycles. The summed E-state index contributed by atoms with van der Waals surface area (Å²) in [6.45, 7) is 6.12. The van der Waals surface area contributed by atoms with Crippen LogP contribution >= 0.6 is 0 Å². The average molecular weight is 282 g/mol. The summed E-state index contributed by atoms with van der Waals surface area (Å²) in [5.41, 5.74) is 0.142. The van der Waals surface area contributed by atoms with Gasteiger partial charge in [-0.3, -0.25) is 0 Å². The fourth-order valence-corrected chi connectivity index (χ4v) is 3.15. The van der Waals surface area contributed by atoms with E-state index in [2.05, 4.69) is 24.2 Å². The normalized spacial score (nSPS) is 23.6. The van der Waals surface area contributed by atoms with E-state index in [0.29, 0.717) is 5.92 Å². The third-order valence-electron chi connectivity index (χ3n) is 4.31.